The number of benzene rings is 1. The summed E-state index contributed by atoms with van der Waals surface area (Å²) in [5.41, 5.74) is 1.02. The second-order valence-electron chi connectivity index (χ2n) is 4.73. The van der Waals surface area contributed by atoms with Gasteiger partial charge in [0.05, 0.1) is 12.2 Å². The Bertz CT molecular complexity index is 534. The summed E-state index contributed by atoms with van der Waals surface area (Å²) >= 11 is 0. The highest BCUT2D eigenvalue weighted by Gasteiger charge is 2.12. The zero-order valence-corrected chi connectivity index (χ0v) is 12.1. The molecule has 0 unspecified atom stereocenters. The SMILES string of the molecule is C=CCc1cc(C(C)=O)c(O)cc1OCCCCC(=O)O. The van der Waals surface area contributed by atoms with Crippen LogP contribution in [-0.4, -0.2) is 28.6 Å². The lowest BCUT2D eigenvalue weighted by molar-refractivity contribution is -0.137. The molecule has 0 amide bonds. The second-order valence-corrected chi connectivity index (χ2v) is 4.73. The average Bonchev–Trinajstić information content (AvgIpc) is 2.40. The molecule has 0 radical (unpaired) electrons. The number of ketones is 1. The summed E-state index contributed by atoms with van der Waals surface area (Å²) in [6, 6.07) is 3.03. The molecule has 21 heavy (non-hydrogen) atoms. The minimum atomic E-state index is -0.828. The predicted molar refractivity (Wildman–Crippen MR) is 79.0 cm³/mol. The highest BCUT2D eigenvalue weighted by Crippen LogP contribution is 2.29. The Balaban J connectivity index is 2.75. The fourth-order valence-electron chi connectivity index (χ4n) is 1.91. The number of carboxylic acids is 1. The molecule has 0 aliphatic carbocycles. The van der Waals surface area contributed by atoms with Crippen molar-refractivity contribution in [3.05, 3.63) is 35.9 Å². The molecule has 1 aromatic carbocycles. The van der Waals surface area contributed by atoms with Crippen molar-refractivity contribution in [3.8, 4) is 11.5 Å². The lowest BCUT2D eigenvalue weighted by Crippen LogP contribution is -2.04. The predicted octanol–water partition coefficient (Wildman–Crippen LogP) is 2.96. The van der Waals surface area contributed by atoms with Crippen LogP contribution in [0.25, 0.3) is 0 Å². The Morgan fingerprint density at radius 2 is 2.05 bits per heavy atom. The number of aromatic hydroxyl groups is 1. The molecule has 0 bridgehead atoms. The van der Waals surface area contributed by atoms with Crippen LogP contribution < -0.4 is 4.74 Å². The number of hydrogen-bond donors (Lipinski definition) is 2. The maximum Gasteiger partial charge on any atom is 0.303 e. The number of hydrogen-bond acceptors (Lipinski definition) is 4. The first-order valence-corrected chi connectivity index (χ1v) is 6.78. The Hall–Kier alpha value is -2.30. The quantitative estimate of drug-likeness (QED) is 0.415. The number of phenols is 1. The molecule has 0 heterocycles. The van der Waals surface area contributed by atoms with Crippen molar-refractivity contribution in [2.24, 2.45) is 0 Å². The molecule has 0 aliphatic heterocycles. The van der Waals surface area contributed by atoms with Gasteiger partial charge < -0.3 is 14.9 Å². The van der Waals surface area contributed by atoms with Crippen molar-refractivity contribution >= 4 is 11.8 Å². The number of carbonyl (C=O) groups is 2. The molecule has 0 saturated carbocycles. The van der Waals surface area contributed by atoms with Crippen LogP contribution in [0.4, 0.5) is 0 Å². The molecule has 1 aromatic rings. The summed E-state index contributed by atoms with van der Waals surface area (Å²) in [5.74, 6) is -0.666. The summed E-state index contributed by atoms with van der Waals surface area (Å²) in [7, 11) is 0. The zero-order chi connectivity index (χ0) is 15.8. The van der Waals surface area contributed by atoms with Crippen molar-refractivity contribution in [1.82, 2.24) is 0 Å². The van der Waals surface area contributed by atoms with E-state index in [9.17, 15) is 14.7 Å². The summed E-state index contributed by atoms with van der Waals surface area (Å²) in [6.07, 6.45) is 3.45. The highest BCUT2D eigenvalue weighted by atomic mass is 16.5. The standard InChI is InChI=1S/C16H20O5/c1-3-6-12-9-13(11(2)17)14(18)10-15(12)21-8-5-4-7-16(19)20/h3,9-10,18H,1,4-8H2,2H3,(H,19,20). The number of ether oxygens (including phenoxy) is 1. The van der Waals surface area contributed by atoms with Gasteiger partial charge in [-0.05, 0) is 37.8 Å². The third kappa shape index (κ3) is 5.30. The number of aliphatic carboxylic acids is 1. The number of carboxylic acid groups (broad SMARTS) is 1. The van der Waals surface area contributed by atoms with E-state index in [4.69, 9.17) is 9.84 Å². The van der Waals surface area contributed by atoms with Crippen LogP contribution in [0, 0.1) is 0 Å². The van der Waals surface area contributed by atoms with Gasteiger partial charge in [-0.3, -0.25) is 9.59 Å². The molecule has 0 saturated heterocycles. The minimum absolute atomic E-state index is 0.109. The summed E-state index contributed by atoms with van der Waals surface area (Å²) < 4.78 is 5.58. The fraction of sp³-hybridized carbons (Fsp3) is 0.375. The van der Waals surface area contributed by atoms with E-state index in [1.807, 2.05) is 0 Å². The smallest absolute Gasteiger partial charge is 0.303 e. The molecule has 0 spiro atoms. The van der Waals surface area contributed by atoms with Crippen LogP contribution >= 0.6 is 0 Å². The molecule has 0 aromatic heterocycles. The van der Waals surface area contributed by atoms with E-state index in [-0.39, 0.29) is 23.5 Å². The topological polar surface area (TPSA) is 83.8 Å². The number of phenolic OH excluding ortho intramolecular Hbond substituents is 1. The zero-order valence-electron chi connectivity index (χ0n) is 12.1. The first-order chi connectivity index (χ1) is 9.95. The summed E-state index contributed by atoms with van der Waals surface area (Å²) in [6.45, 7) is 5.40. The number of carbonyl (C=O) groups excluding carboxylic acids is 1. The van der Waals surface area contributed by atoms with Gasteiger partial charge in [-0.15, -0.1) is 6.58 Å². The normalized spacial score (nSPS) is 10.1. The molecule has 5 nitrogen and oxygen atoms in total. The van der Waals surface area contributed by atoms with Gasteiger partial charge in [0.15, 0.2) is 5.78 Å². The Morgan fingerprint density at radius 3 is 2.62 bits per heavy atom. The first-order valence-electron chi connectivity index (χ1n) is 6.78. The third-order valence-corrected chi connectivity index (χ3v) is 2.96. The fourth-order valence-corrected chi connectivity index (χ4v) is 1.91. The van der Waals surface area contributed by atoms with E-state index in [1.165, 1.54) is 13.0 Å². The Kier molecular flexibility index (Phi) is 6.46. The second kappa shape index (κ2) is 8.09. The van der Waals surface area contributed by atoms with Crippen LogP contribution in [-0.2, 0) is 11.2 Å². The van der Waals surface area contributed by atoms with Gasteiger partial charge in [-0.25, -0.2) is 0 Å². The molecule has 114 valence electrons. The van der Waals surface area contributed by atoms with Crippen molar-refractivity contribution in [1.29, 1.82) is 0 Å². The summed E-state index contributed by atoms with van der Waals surface area (Å²) in [4.78, 5) is 21.8. The number of unbranched alkanes of at least 4 members (excludes halogenated alkanes) is 1. The molecule has 1 rings (SSSR count). The molecule has 5 heteroatoms. The minimum Gasteiger partial charge on any atom is -0.507 e. The van der Waals surface area contributed by atoms with Crippen molar-refractivity contribution in [3.63, 3.8) is 0 Å². The average molecular weight is 292 g/mol. The van der Waals surface area contributed by atoms with Gasteiger partial charge in [0.1, 0.15) is 11.5 Å². The third-order valence-electron chi connectivity index (χ3n) is 2.96. The molecule has 0 atom stereocenters. The Labute approximate surface area is 123 Å². The van der Waals surface area contributed by atoms with Gasteiger partial charge >= 0.3 is 5.97 Å². The van der Waals surface area contributed by atoms with Crippen LogP contribution in [0.15, 0.2) is 24.8 Å². The number of allylic oxidation sites excluding steroid dienone is 1. The maximum absolute atomic E-state index is 11.4. The van der Waals surface area contributed by atoms with Gasteiger partial charge in [-0.2, -0.15) is 0 Å². The van der Waals surface area contributed by atoms with Gasteiger partial charge in [0.2, 0.25) is 0 Å². The lowest BCUT2D eigenvalue weighted by atomic mass is 10.0. The van der Waals surface area contributed by atoms with Gasteiger partial charge in [0, 0.05) is 12.5 Å². The van der Waals surface area contributed by atoms with E-state index in [0.717, 1.165) is 5.56 Å². The van der Waals surface area contributed by atoms with E-state index in [2.05, 4.69) is 6.58 Å². The number of Topliss-reactive ketones (excluding diaryl/α,β-unsaturated/α-hetero) is 1. The van der Waals surface area contributed by atoms with Crippen molar-refractivity contribution in [2.45, 2.75) is 32.6 Å². The van der Waals surface area contributed by atoms with E-state index in [1.54, 1.807) is 12.1 Å². The van der Waals surface area contributed by atoms with Crippen molar-refractivity contribution in [2.75, 3.05) is 6.61 Å². The van der Waals surface area contributed by atoms with Gasteiger partial charge in [0.25, 0.3) is 0 Å². The molecular formula is C16H20O5. The van der Waals surface area contributed by atoms with E-state index >= 15 is 0 Å². The lowest BCUT2D eigenvalue weighted by Gasteiger charge is -2.13. The Morgan fingerprint density at radius 1 is 1.33 bits per heavy atom. The first kappa shape index (κ1) is 16.8. The molecule has 0 aliphatic rings. The van der Waals surface area contributed by atoms with E-state index < -0.39 is 5.97 Å². The molecule has 0 fully saturated rings. The molecular weight excluding hydrogens is 272 g/mol. The largest absolute Gasteiger partial charge is 0.507 e. The monoisotopic (exact) mass is 292 g/mol. The van der Waals surface area contributed by atoms with Crippen LogP contribution in [0.3, 0.4) is 0 Å². The highest BCUT2D eigenvalue weighted by molar-refractivity contribution is 5.97. The van der Waals surface area contributed by atoms with Crippen LogP contribution in [0.5, 0.6) is 11.5 Å². The number of rotatable bonds is 9. The maximum atomic E-state index is 11.4. The molecule has 2 N–H and O–H groups in total. The van der Waals surface area contributed by atoms with E-state index in [0.29, 0.717) is 31.6 Å². The van der Waals surface area contributed by atoms with Crippen LogP contribution in [0.2, 0.25) is 0 Å². The van der Waals surface area contributed by atoms with Crippen molar-refractivity contribution < 1.29 is 24.5 Å². The van der Waals surface area contributed by atoms with Crippen LogP contribution in [0.1, 0.15) is 42.1 Å². The summed E-state index contributed by atoms with van der Waals surface area (Å²) in [5, 5.41) is 18.4. The van der Waals surface area contributed by atoms with Gasteiger partial charge in [-0.1, -0.05) is 6.08 Å².